The average molecular weight is 272 g/mol. The average Bonchev–Trinajstić information content (AvgIpc) is 2.45. The summed E-state index contributed by atoms with van der Waals surface area (Å²) < 4.78 is 14.1. The Morgan fingerprint density at radius 3 is 2.45 bits per heavy atom. The minimum Gasteiger partial charge on any atom is -0.372 e. The zero-order chi connectivity index (χ0) is 14.5. The number of nitrogens with two attached hydrogens (primary N) is 1. The normalized spacial score (nSPS) is 12.2. The van der Waals surface area contributed by atoms with Gasteiger partial charge in [0.2, 0.25) is 0 Å². The molecule has 106 valence electrons. The Bertz CT molecular complexity index is 552. The minimum atomic E-state index is -0.213. The Balaban J connectivity index is 2.04. The van der Waals surface area contributed by atoms with Crippen LogP contribution in [0.3, 0.4) is 0 Å². The van der Waals surface area contributed by atoms with E-state index >= 15 is 0 Å². The van der Waals surface area contributed by atoms with Gasteiger partial charge in [0, 0.05) is 19.6 Å². The van der Waals surface area contributed by atoms with Crippen LogP contribution in [0.15, 0.2) is 48.5 Å². The second-order valence-corrected chi connectivity index (χ2v) is 5.16. The van der Waals surface area contributed by atoms with Gasteiger partial charge in [-0.05, 0) is 36.6 Å². The van der Waals surface area contributed by atoms with Gasteiger partial charge in [-0.25, -0.2) is 4.39 Å². The van der Waals surface area contributed by atoms with E-state index in [1.54, 1.807) is 6.07 Å². The molecule has 0 saturated carbocycles. The van der Waals surface area contributed by atoms with Gasteiger partial charge in [-0.2, -0.15) is 0 Å². The standard InChI is InChI=1S/C17H21FN2/c1-13(19)15-8-9-17(16(18)12-15)20(2)11-10-14-6-4-3-5-7-14/h3-9,12-13H,10-11,19H2,1-2H3/t13-/m0/s1. The predicted molar refractivity (Wildman–Crippen MR) is 82.4 cm³/mol. The van der Waals surface area contributed by atoms with Gasteiger partial charge in [-0.1, -0.05) is 36.4 Å². The Labute approximate surface area is 120 Å². The van der Waals surface area contributed by atoms with Gasteiger partial charge >= 0.3 is 0 Å². The molecule has 0 bridgehead atoms. The van der Waals surface area contributed by atoms with Crippen LogP contribution in [-0.2, 0) is 6.42 Å². The SMILES string of the molecule is C[C@H](N)c1ccc(N(C)CCc2ccccc2)c(F)c1. The van der Waals surface area contributed by atoms with Crippen molar-refractivity contribution in [2.45, 2.75) is 19.4 Å². The number of benzene rings is 2. The third kappa shape index (κ3) is 3.58. The summed E-state index contributed by atoms with van der Waals surface area (Å²) in [4.78, 5) is 1.94. The van der Waals surface area contributed by atoms with Crippen molar-refractivity contribution in [3.8, 4) is 0 Å². The van der Waals surface area contributed by atoms with Crippen molar-refractivity contribution >= 4 is 5.69 Å². The summed E-state index contributed by atoms with van der Waals surface area (Å²) in [5.41, 5.74) is 8.46. The molecule has 0 radical (unpaired) electrons. The lowest BCUT2D eigenvalue weighted by atomic mass is 10.1. The van der Waals surface area contributed by atoms with Crippen LogP contribution >= 0.6 is 0 Å². The molecule has 0 spiro atoms. The number of anilines is 1. The van der Waals surface area contributed by atoms with E-state index in [9.17, 15) is 4.39 Å². The summed E-state index contributed by atoms with van der Waals surface area (Å²) >= 11 is 0. The summed E-state index contributed by atoms with van der Waals surface area (Å²) in [5.74, 6) is -0.213. The summed E-state index contributed by atoms with van der Waals surface area (Å²) in [7, 11) is 1.91. The molecule has 20 heavy (non-hydrogen) atoms. The van der Waals surface area contributed by atoms with Crippen molar-refractivity contribution in [3.63, 3.8) is 0 Å². The molecule has 0 fully saturated rings. The molecule has 2 nitrogen and oxygen atoms in total. The van der Waals surface area contributed by atoms with E-state index in [1.165, 1.54) is 11.6 Å². The summed E-state index contributed by atoms with van der Waals surface area (Å²) in [6.07, 6.45) is 0.895. The molecule has 0 heterocycles. The molecular formula is C17H21FN2. The molecule has 3 heteroatoms. The first-order chi connectivity index (χ1) is 9.58. The van der Waals surface area contributed by atoms with Crippen molar-refractivity contribution < 1.29 is 4.39 Å². The highest BCUT2D eigenvalue weighted by Gasteiger charge is 2.10. The van der Waals surface area contributed by atoms with Gasteiger partial charge < -0.3 is 10.6 Å². The fraction of sp³-hybridized carbons (Fsp3) is 0.294. The molecule has 1 atom stereocenters. The molecule has 2 N–H and O–H groups in total. The van der Waals surface area contributed by atoms with Crippen LogP contribution in [0.4, 0.5) is 10.1 Å². The maximum atomic E-state index is 14.1. The Hall–Kier alpha value is -1.87. The number of hydrogen-bond donors (Lipinski definition) is 1. The first-order valence-electron chi connectivity index (χ1n) is 6.88. The maximum absolute atomic E-state index is 14.1. The van der Waals surface area contributed by atoms with Gasteiger partial charge in [-0.3, -0.25) is 0 Å². The van der Waals surface area contributed by atoms with Crippen molar-refractivity contribution in [2.24, 2.45) is 5.73 Å². The van der Waals surface area contributed by atoms with E-state index in [-0.39, 0.29) is 11.9 Å². The zero-order valence-corrected chi connectivity index (χ0v) is 12.0. The predicted octanol–water partition coefficient (Wildman–Crippen LogP) is 3.52. The number of likely N-dealkylation sites (N-methyl/N-ethyl adjacent to an activating group) is 1. The van der Waals surface area contributed by atoms with Gasteiger partial charge in [0.25, 0.3) is 0 Å². The highest BCUT2D eigenvalue weighted by molar-refractivity contribution is 5.49. The van der Waals surface area contributed by atoms with Crippen LogP contribution in [0.5, 0.6) is 0 Å². The van der Waals surface area contributed by atoms with Gasteiger partial charge in [0.1, 0.15) is 5.82 Å². The molecule has 0 amide bonds. The van der Waals surface area contributed by atoms with E-state index in [4.69, 9.17) is 5.73 Å². The van der Waals surface area contributed by atoms with E-state index in [2.05, 4.69) is 12.1 Å². The first kappa shape index (κ1) is 14.5. The smallest absolute Gasteiger partial charge is 0.146 e. The van der Waals surface area contributed by atoms with Gasteiger partial charge in [0.05, 0.1) is 5.69 Å². The Kier molecular flexibility index (Phi) is 4.74. The molecular weight excluding hydrogens is 251 g/mol. The molecule has 0 saturated heterocycles. The fourth-order valence-corrected chi connectivity index (χ4v) is 2.18. The molecule has 2 rings (SSSR count). The van der Waals surface area contributed by atoms with E-state index in [0.29, 0.717) is 5.69 Å². The van der Waals surface area contributed by atoms with Crippen LogP contribution < -0.4 is 10.6 Å². The first-order valence-corrected chi connectivity index (χ1v) is 6.88. The molecule has 0 aliphatic carbocycles. The number of halogens is 1. The van der Waals surface area contributed by atoms with Crippen LogP contribution in [-0.4, -0.2) is 13.6 Å². The maximum Gasteiger partial charge on any atom is 0.146 e. The third-order valence-corrected chi connectivity index (χ3v) is 3.49. The second kappa shape index (κ2) is 6.53. The van der Waals surface area contributed by atoms with E-state index in [1.807, 2.05) is 43.1 Å². The van der Waals surface area contributed by atoms with Crippen LogP contribution in [0.2, 0.25) is 0 Å². The lowest BCUT2D eigenvalue weighted by molar-refractivity contribution is 0.617. The Morgan fingerprint density at radius 1 is 1.15 bits per heavy atom. The Morgan fingerprint density at radius 2 is 1.85 bits per heavy atom. The monoisotopic (exact) mass is 272 g/mol. The number of hydrogen-bond acceptors (Lipinski definition) is 2. The van der Waals surface area contributed by atoms with Crippen LogP contribution in [0, 0.1) is 5.82 Å². The van der Waals surface area contributed by atoms with Crippen LogP contribution in [0.25, 0.3) is 0 Å². The van der Waals surface area contributed by atoms with Gasteiger partial charge in [-0.15, -0.1) is 0 Å². The third-order valence-electron chi connectivity index (χ3n) is 3.49. The van der Waals surface area contributed by atoms with Crippen molar-refractivity contribution in [1.82, 2.24) is 0 Å². The minimum absolute atomic E-state index is 0.145. The lowest BCUT2D eigenvalue weighted by Crippen LogP contribution is -2.21. The van der Waals surface area contributed by atoms with Crippen LogP contribution in [0.1, 0.15) is 24.1 Å². The zero-order valence-electron chi connectivity index (χ0n) is 12.0. The molecule has 2 aromatic carbocycles. The van der Waals surface area contributed by atoms with Crippen molar-refractivity contribution in [1.29, 1.82) is 0 Å². The number of nitrogens with zero attached hydrogens (tertiary/aromatic N) is 1. The van der Waals surface area contributed by atoms with Crippen molar-refractivity contribution in [2.75, 3.05) is 18.5 Å². The molecule has 0 aliphatic heterocycles. The van der Waals surface area contributed by atoms with Crippen molar-refractivity contribution in [3.05, 3.63) is 65.5 Å². The largest absolute Gasteiger partial charge is 0.372 e. The molecule has 0 aromatic heterocycles. The summed E-state index contributed by atoms with van der Waals surface area (Å²) in [6, 6.07) is 15.3. The second-order valence-electron chi connectivity index (χ2n) is 5.16. The summed E-state index contributed by atoms with van der Waals surface area (Å²) in [6.45, 7) is 2.63. The molecule has 0 aliphatic rings. The van der Waals surface area contributed by atoms with Gasteiger partial charge in [0.15, 0.2) is 0 Å². The fourth-order valence-electron chi connectivity index (χ4n) is 2.18. The topological polar surface area (TPSA) is 29.3 Å². The van der Waals surface area contributed by atoms with E-state index < -0.39 is 0 Å². The molecule has 2 aromatic rings. The quantitative estimate of drug-likeness (QED) is 0.902. The lowest BCUT2D eigenvalue weighted by Gasteiger charge is -2.21. The highest BCUT2D eigenvalue weighted by Crippen LogP contribution is 2.22. The highest BCUT2D eigenvalue weighted by atomic mass is 19.1. The summed E-state index contributed by atoms with van der Waals surface area (Å²) in [5, 5.41) is 0. The van der Waals surface area contributed by atoms with E-state index in [0.717, 1.165) is 18.5 Å². The number of rotatable bonds is 5. The molecule has 0 unspecified atom stereocenters.